The van der Waals surface area contributed by atoms with E-state index in [0.29, 0.717) is 0 Å². The fourth-order valence-corrected chi connectivity index (χ4v) is 2.23. The van der Waals surface area contributed by atoms with Crippen LogP contribution in [0.15, 0.2) is 24.3 Å². The predicted molar refractivity (Wildman–Crippen MR) is 63.7 cm³/mol. The van der Waals surface area contributed by atoms with E-state index in [0.717, 1.165) is 24.9 Å². The smallest absolute Gasteiger partial charge is 0.239 e. The van der Waals surface area contributed by atoms with Gasteiger partial charge >= 0.3 is 0 Å². The van der Waals surface area contributed by atoms with Crippen molar-refractivity contribution in [1.29, 1.82) is 0 Å². The maximum absolute atomic E-state index is 12.8. The van der Waals surface area contributed by atoms with Crippen molar-refractivity contribution in [2.24, 2.45) is 5.73 Å². The van der Waals surface area contributed by atoms with Crippen LogP contribution in [0.3, 0.4) is 0 Å². The lowest BCUT2D eigenvalue weighted by Crippen LogP contribution is -2.49. The standard InChI is InChI=1S/C13H17FN2O/c1-9(10-4-6-11(14)7-5-10)16-8-2-3-12(15)13(16)17/h4-7,9,12H,2-3,8,15H2,1H3/t9-,12+/m0/s1. The molecule has 92 valence electrons. The molecule has 17 heavy (non-hydrogen) atoms. The highest BCUT2D eigenvalue weighted by molar-refractivity contribution is 5.82. The molecule has 1 aliphatic rings. The second kappa shape index (κ2) is 4.84. The van der Waals surface area contributed by atoms with Gasteiger partial charge < -0.3 is 10.6 Å². The molecular weight excluding hydrogens is 219 g/mol. The third-order valence-corrected chi connectivity index (χ3v) is 3.33. The van der Waals surface area contributed by atoms with Crippen molar-refractivity contribution in [1.82, 2.24) is 4.90 Å². The molecule has 1 aromatic rings. The van der Waals surface area contributed by atoms with Gasteiger partial charge in [0.15, 0.2) is 0 Å². The van der Waals surface area contributed by atoms with Crippen LogP contribution in [0.2, 0.25) is 0 Å². The van der Waals surface area contributed by atoms with Crippen LogP contribution in [0.4, 0.5) is 4.39 Å². The Kier molecular flexibility index (Phi) is 3.43. The first-order chi connectivity index (χ1) is 8.09. The van der Waals surface area contributed by atoms with Crippen molar-refractivity contribution in [2.75, 3.05) is 6.54 Å². The average Bonchev–Trinajstić information content (AvgIpc) is 2.33. The Hall–Kier alpha value is -1.42. The van der Waals surface area contributed by atoms with E-state index in [1.165, 1.54) is 12.1 Å². The Balaban J connectivity index is 2.16. The number of nitrogens with two attached hydrogens (primary N) is 1. The molecular formula is C13H17FN2O. The minimum absolute atomic E-state index is 0.00641. The Morgan fingerprint density at radius 2 is 2.06 bits per heavy atom. The molecule has 1 amide bonds. The van der Waals surface area contributed by atoms with Crippen LogP contribution < -0.4 is 5.73 Å². The van der Waals surface area contributed by atoms with Crippen LogP contribution in [0, 0.1) is 5.82 Å². The summed E-state index contributed by atoms with van der Waals surface area (Å²) in [6.45, 7) is 2.67. The molecule has 0 saturated carbocycles. The quantitative estimate of drug-likeness (QED) is 0.851. The topological polar surface area (TPSA) is 46.3 Å². The molecule has 0 radical (unpaired) electrons. The lowest BCUT2D eigenvalue weighted by atomic mass is 10.0. The lowest BCUT2D eigenvalue weighted by Gasteiger charge is -2.35. The molecule has 0 aromatic heterocycles. The summed E-state index contributed by atoms with van der Waals surface area (Å²) in [5.74, 6) is -0.268. The zero-order valence-corrected chi connectivity index (χ0v) is 9.90. The predicted octanol–water partition coefficient (Wildman–Crippen LogP) is 1.84. The van der Waals surface area contributed by atoms with E-state index in [4.69, 9.17) is 5.73 Å². The molecule has 1 heterocycles. The normalized spacial score (nSPS) is 22.6. The number of carbonyl (C=O) groups is 1. The summed E-state index contributed by atoms with van der Waals surface area (Å²) in [6.07, 6.45) is 1.68. The summed E-state index contributed by atoms with van der Waals surface area (Å²) in [5, 5.41) is 0. The monoisotopic (exact) mass is 236 g/mol. The molecule has 0 aliphatic carbocycles. The van der Waals surface area contributed by atoms with E-state index in [-0.39, 0.29) is 23.8 Å². The molecule has 0 spiro atoms. The van der Waals surface area contributed by atoms with Gasteiger partial charge in [-0.1, -0.05) is 12.1 Å². The van der Waals surface area contributed by atoms with Gasteiger partial charge in [-0.3, -0.25) is 4.79 Å². The van der Waals surface area contributed by atoms with Gasteiger partial charge in [0, 0.05) is 6.54 Å². The number of hydrogen-bond donors (Lipinski definition) is 1. The van der Waals surface area contributed by atoms with E-state index in [1.807, 2.05) is 6.92 Å². The third kappa shape index (κ3) is 2.47. The van der Waals surface area contributed by atoms with Gasteiger partial charge in [-0.15, -0.1) is 0 Å². The van der Waals surface area contributed by atoms with Crippen molar-refractivity contribution in [3.05, 3.63) is 35.6 Å². The number of amides is 1. The highest BCUT2D eigenvalue weighted by atomic mass is 19.1. The van der Waals surface area contributed by atoms with Crippen LogP contribution in [0.1, 0.15) is 31.4 Å². The molecule has 1 saturated heterocycles. The van der Waals surface area contributed by atoms with Crippen molar-refractivity contribution >= 4 is 5.91 Å². The molecule has 0 unspecified atom stereocenters. The van der Waals surface area contributed by atoms with Gasteiger partial charge in [0.25, 0.3) is 0 Å². The van der Waals surface area contributed by atoms with E-state index >= 15 is 0 Å². The second-order valence-corrected chi connectivity index (χ2v) is 4.51. The zero-order chi connectivity index (χ0) is 12.4. The summed E-state index contributed by atoms with van der Waals surface area (Å²) in [7, 11) is 0. The summed E-state index contributed by atoms with van der Waals surface area (Å²) < 4.78 is 12.8. The average molecular weight is 236 g/mol. The van der Waals surface area contributed by atoms with Gasteiger partial charge in [-0.25, -0.2) is 4.39 Å². The first-order valence-corrected chi connectivity index (χ1v) is 5.91. The maximum atomic E-state index is 12.8. The molecule has 4 heteroatoms. The van der Waals surface area contributed by atoms with Crippen LogP contribution >= 0.6 is 0 Å². The largest absolute Gasteiger partial charge is 0.335 e. The van der Waals surface area contributed by atoms with E-state index in [9.17, 15) is 9.18 Å². The number of piperidine rings is 1. The SMILES string of the molecule is C[C@@H](c1ccc(F)cc1)N1CCC[C@@H](N)C1=O. The first kappa shape index (κ1) is 12.0. The minimum Gasteiger partial charge on any atom is -0.335 e. The molecule has 2 rings (SSSR count). The van der Waals surface area contributed by atoms with Crippen LogP contribution in [-0.2, 0) is 4.79 Å². The van der Waals surface area contributed by atoms with Crippen LogP contribution in [-0.4, -0.2) is 23.4 Å². The summed E-state index contributed by atoms with van der Waals surface area (Å²) >= 11 is 0. The number of nitrogens with zero attached hydrogens (tertiary/aromatic N) is 1. The minimum atomic E-state index is -0.383. The number of rotatable bonds is 2. The van der Waals surface area contributed by atoms with Crippen molar-refractivity contribution in [3.63, 3.8) is 0 Å². The van der Waals surface area contributed by atoms with Crippen LogP contribution in [0.25, 0.3) is 0 Å². The highest BCUT2D eigenvalue weighted by Gasteiger charge is 2.29. The Bertz CT molecular complexity index is 404. The molecule has 3 nitrogen and oxygen atoms in total. The zero-order valence-electron chi connectivity index (χ0n) is 9.90. The first-order valence-electron chi connectivity index (χ1n) is 5.91. The number of carbonyl (C=O) groups excluding carboxylic acids is 1. The van der Waals surface area contributed by atoms with Crippen molar-refractivity contribution < 1.29 is 9.18 Å². The molecule has 2 atom stereocenters. The Morgan fingerprint density at radius 3 is 2.71 bits per heavy atom. The van der Waals surface area contributed by atoms with Gasteiger partial charge in [0.1, 0.15) is 5.82 Å². The van der Waals surface area contributed by atoms with Gasteiger partial charge in [0.2, 0.25) is 5.91 Å². The van der Waals surface area contributed by atoms with Crippen molar-refractivity contribution in [2.45, 2.75) is 31.8 Å². The summed E-state index contributed by atoms with van der Waals surface area (Å²) in [4.78, 5) is 13.7. The van der Waals surface area contributed by atoms with E-state index < -0.39 is 0 Å². The van der Waals surface area contributed by atoms with Crippen molar-refractivity contribution in [3.8, 4) is 0 Å². The lowest BCUT2D eigenvalue weighted by molar-refractivity contribution is -0.137. The molecule has 1 aliphatic heterocycles. The summed E-state index contributed by atoms with van der Waals surface area (Å²) in [6, 6.07) is 5.84. The molecule has 1 aromatic carbocycles. The third-order valence-electron chi connectivity index (χ3n) is 3.33. The molecule has 0 bridgehead atoms. The fourth-order valence-electron chi connectivity index (χ4n) is 2.23. The van der Waals surface area contributed by atoms with Gasteiger partial charge in [0.05, 0.1) is 12.1 Å². The number of likely N-dealkylation sites (tertiary alicyclic amines) is 1. The molecule has 1 fully saturated rings. The van der Waals surface area contributed by atoms with Gasteiger partial charge in [-0.2, -0.15) is 0 Å². The Labute approximate surface area is 100 Å². The van der Waals surface area contributed by atoms with E-state index in [2.05, 4.69) is 0 Å². The van der Waals surface area contributed by atoms with E-state index in [1.54, 1.807) is 17.0 Å². The second-order valence-electron chi connectivity index (χ2n) is 4.51. The van der Waals surface area contributed by atoms with Crippen LogP contribution in [0.5, 0.6) is 0 Å². The number of benzene rings is 1. The fraction of sp³-hybridized carbons (Fsp3) is 0.462. The highest BCUT2D eigenvalue weighted by Crippen LogP contribution is 2.24. The number of halogens is 1. The summed E-state index contributed by atoms with van der Waals surface area (Å²) in [5.41, 5.74) is 6.70. The Morgan fingerprint density at radius 1 is 1.41 bits per heavy atom. The molecule has 2 N–H and O–H groups in total. The van der Waals surface area contributed by atoms with Gasteiger partial charge in [-0.05, 0) is 37.5 Å². The maximum Gasteiger partial charge on any atom is 0.239 e. The number of hydrogen-bond acceptors (Lipinski definition) is 2.